The Hall–Kier alpha value is -1.22. The molecule has 1 saturated heterocycles. The SMILES string of the molecule is C[C@@H]1CCCN(c2ccc(NC(=O)CCl)cc2)C1. The van der Waals surface area contributed by atoms with Crippen LogP contribution in [-0.4, -0.2) is 24.9 Å². The second-order valence-electron chi connectivity index (χ2n) is 4.92. The van der Waals surface area contributed by atoms with Gasteiger partial charge in [-0.3, -0.25) is 4.79 Å². The smallest absolute Gasteiger partial charge is 0.239 e. The minimum atomic E-state index is -0.170. The number of alkyl halides is 1. The van der Waals surface area contributed by atoms with E-state index in [1.165, 1.54) is 18.5 Å². The zero-order valence-electron chi connectivity index (χ0n) is 10.7. The highest BCUT2D eigenvalue weighted by Crippen LogP contribution is 2.24. The Bertz CT molecular complexity index is 405. The third kappa shape index (κ3) is 3.39. The van der Waals surface area contributed by atoms with E-state index in [1.807, 2.05) is 12.1 Å². The van der Waals surface area contributed by atoms with Gasteiger partial charge in [-0.1, -0.05) is 6.92 Å². The van der Waals surface area contributed by atoms with Crippen molar-refractivity contribution in [1.29, 1.82) is 0 Å². The molecule has 1 aromatic rings. The summed E-state index contributed by atoms with van der Waals surface area (Å²) in [5, 5.41) is 2.74. The lowest BCUT2D eigenvalue weighted by Gasteiger charge is -2.32. The first-order chi connectivity index (χ1) is 8.69. The van der Waals surface area contributed by atoms with Gasteiger partial charge in [-0.05, 0) is 43.0 Å². The van der Waals surface area contributed by atoms with Crippen molar-refractivity contribution in [3.05, 3.63) is 24.3 Å². The largest absolute Gasteiger partial charge is 0.371 e. The topological polar surface area (TPSA) is 32.3 Å². The Morgan fingerprint density at radius 1 is 1.44 bits per heavy atom. The van der Waals surface area contributed by atoms with Crippen molar-refractivity contribution in [2.24, 2.45) is 5.92 Å². The molecule has 0 spiro atoms. The summed E-state index contributed by atoms with van der Waals surface area (Å²) in [4.78, 5) is 13.6. The first kappa shape index (κ1) is 13.2. The average molecular weight is 267 g/mol. The fraction of sp³-hybridized carbons (Fsp3) is 0.500. The molecule has 0 aromatic heterocycles. The van der Waals surface area contributed by atoms with E-state index in [0.29, 0.717) is 0 Å². The van der Waals surface area contributed by atoms with E-state index in [4.69, 9.17) is 11.6 Å². The molecule has 0 saturated carbocycles. The van der Waals surface area contributed by atoms with Crippen LogP contribution in [0.2, 0.25) is 0 Å². The Kier molecular flexibility index (Phi) is 4.48. The summed E-state index contributed by atoms with van der Waals surface area (Å²) in [5.41, 5.74) is 2.03. The van der Waals surface area contributed by atoms with Crippen molar-refractivity contribution in [2.75, 3.05) is 29.2 Å². The third-order valence-corrected chi connectivity index (χ3v) is 3.54. The standard InChI is InChI=1S/C14H19ClN2O/c1-11-3-2-8-17(10-11)13-6-4-12(5-7-13)16-14(18)9-15/h4-7,11H,2-3,8-10H2,1H3,(H,16,18)/t11-/m1/s1. The van der Waals surface area contributed by atoms with Crippen LogP contribution in [0, 0.1) is 5.92 Å². The van der Waals surface area contributed by atoms with E-state index in [9.17, 15) is 4.79 Å². The number of rotatable bonds is 3. The number of hydrogen-bond acceptors (Lipinski definition) is 2. The van der Waals surface area contributed by atoms with Gasteiger partial charge in [0.15, 0.2) is 0 Å². The number of carbonyl (C=O) groups is 1. The van der Waals surface area contributed by atoms with E-state index < -0.39 is 0 Å². The molecular formula is C14H19ClN2O. The molecule has 0 aliphatic carbocycles. The van der Waals surface area contributed by atoms with Crippen LogP contribution in [0.15, 0.2) is 24.3 Å². The van der Waals surface area contributed by atoms with Gasteiger partial charge in [0.05, 0.1) is 0 Å². The van der Waals surface area contributed by atoms with Gasteiger partial charge in [-0.2, -0.15) is 0 Å². The summed E-state index contributed by atoms with van der Waals surface area (Å²) in [6.45, 7) is 4.53. The van der Waals surface area contributed by atoms with Crippen molar-refractivity contribution in [3.63, 3.8) is 0 Å². The Morgan fingerprint density at radius 3 is 2.78 bits per heavy atom. The van der Waals surface area contributed by atoms with Crippen LogP contribution < -0.4 is 10.2 Å². The average Bonchev–Trinajstić information content (AvgIpc) is 2.39. The van der Waals surface area contributed by atoms with Gasteiger partial charge in [0.1, 0.15) is 5.88 Å². The minimum absolute atomic E-state index is 0.00854. The molecule has 3 nitrogen and oxygen atoms in total. The lowest BCUT2D eigenvalue weighted by Crippen LogP contribution is -2.34. The number of halogens is 1. The van der Waals surface area contributed by atoms with Gasteiger partial charge in [-0.25, -0.2) is 0 Å². The lowest BCUT2D eigenvalue weighted by molar-refractivity contribution is -0.113. The van der Waals surface area contributed by atoms with Crippen LogP contribution in [0.3, 0.4) is 0 Å². The summed E-state index contributed by atoms with van der Waals surface area (Å²) in [6, 6.07) is 7.97. The van der Waals surface area contributed by atoms with E-state index in [1.54, 1.807) is 0 Å². The van der Waals surface area contributed by atoms with Crippen molar-refractivity contribution in [2.45, 2.75) is 19.8 Å². The van der Waals surface area contributed by atoms with Crippen LogP contribution in [0.1, 0.15) is 19.8 Å². The second kappa shape index (κ2) is 6.10. The van der Waals surface area contributed by atoms with Gasteiger partial charge in [-0.15, -0.1) is 11.6 Å². The maximum atomic E-state index is 11.2. The molecule has 1 fully saturated rings. The predicted molar refractivity (Wildman–Crippen MR) is 76.4 cm³/mol. The molecule has 18 heavy (non-hydrogen) atoms. The molecule has 1 aliphatic heterocycles. The van der Waals surface area contributed by atoms with Gasteiger partial charge in [0.2, 0.25) is 5.91 Å². The highest BCUT2D eigenvalue weighted by Gasteiger charge is 2.16. The molecule has 1 heterocycles. The number of piperidine rings is 1. The van der Waals surface area contributed by atoms with E-state index >= 15 is 0 Å². The van der Waals surface area contributed by atoms with Crippen molar-refractivity contribution < 1.29 is 4.79 Å². The molecule has 2 rings (SSSR count). The van der Waals surface area contributed by atoms with Crippen molar-refractivity contribution >= 4 is 28.9 Å². The Morgan fingerprint density at radius 2 is 2.17 bits per heavy atom. The number of nitrogens with zero attached hydrogens (tertiary/aromatic N) is 1. The normalized spacial score (nSPS) is 19.7. The summed E-state index contributed by atoms with van der Waals surface area (Å²) < 4.78 is 0. The van der Waals surface area contributed by atoms with Gasteiger partial charge < -0.3 is 10.2 Å². The number of hydrogen-bond donors (Lipinski definition) is 1. The lowest BCUT2D eigenvalue weighted by atomic mass is 10.00. The number of amides is 1. The summed E-state index contributed by atoms with van der Waals surface area (Å²) in [5.74, 6) is 0.580. The van der Waals surface area contributed by atoms with Crippen LogP contribution in [0.4, 0.5) is 11.4 Å². The molecule has 1 aliphatic rings. The van der Waals surface area contributed by atoms with Crippen LogP contribution in [0.25, 0.3) is 0 Å². The van der Waals surface area contributed by atoms with Crippen LogP contribution in [0.5, 0.6) is 0 Å². The highest BCUT2D eigenvalue weighted by atomic mass is 35.5. The first-order valence-corrected chi connectivity index (χ1v) is 6.93. The molecule has 0 radical (unpaired) electrons. The second-order valence-corrected chi connectivity index (χ2v) is 5.19. The van der Waals surface area contributed by atoms with Crippen molar-refractivity contribution in [1.82, 2.24) is 0 Å². The number of carbonyl (C=O) groups excluding carboxylic acids is 1. The molecule has 98 valence electrons. The minimum Gasteiger partial charge on any atom is -0.371 e. The maximum Gasteiger partial charge on any atom is 0.239 e. The molecule has 1 N–H and O–H groups in total. The zero-order valence-corrected chi connectivity index (χ0v) is 11.4. The maximum absolute atomic E-state index is 11.2. The van der Waals surface area contributed by atoms with Gasteiger partial charge in [0, 0.05) is 24.5 Å². The first-order valence-electron chi connectivity index (χ1n) is 6.40. The molecule has 1 atom stereocenters. The monoisotopic (exact) mass is 266 g/mol. The summed E-state index contributed by atoms with van der Waals surface area (Å²) in [6.07, 6.45) is 2.58. The van der Waals surface area contributed by atoms with Gasteiger partial charge >= 0.3 is 0 Å². The van der Waals surface area contributed by atoms with Crippen molar-refractivity contribution in [3.8, 4) is 0 Å². The van der Waals surface area contributed by atoms with Crippen LogP contribution >= 0.6 is 11.6 Å². The zero-order chi connectivity index (χ0) is 13.0. The molecule has 0 bridgehead atoms. The predicted octanol–water partition coefficient (Wildman–Crippen LogP) is 3.10. The highest BCUT2D eigenvalue weighted by molar-refractivity contribution is 6.29. The Balaban J connectivity index is 2.00. The fourth-order valence-corrected chi connectivity index (χ4v) is 2.44. The molecule has 1 amide bonds. The number of benzene rings is 1. The molecule has 1 aromatic carbocycles. The number of nitrogens with one attached hydrogen (secondary N) is 1. The number of anilines is 2. The fourth-order valence-electron chi connectivity index (χ4n) is 2.37. The molecule has 0 unspecified atom stereocenters. The summed E-state index contributed by atoms with van der Waals surface area (Å²) >= 11 is 5.45. The van der Waals surface area contributed by atoms with Crippen LogP contribution in [-0.2, 0) is 4.79 Å². The van der Waals surface area contributed by atoms with E-state index in [2.05, 4.69) is 29.3 Å². The molecular weight excluding hydrogens is 248 g/mol. The molecule has 4 heteroatoms. The summed E-state index contributed by atoms with van der Waals surface area (Å²) in [7, 11) is 0. The van der Waals surface area contributed by atoms with E-state index in [0.717, 1.165) is 24.7 Å². The quantitative estimate of drug-likeness (QED) is 0.853. The third-order valence-electron chi connectivity index (χ3n) is 3.29. The Labute approximate surface area is 113 Å². The van der Waals surface area contributed by atoms with E-state index in [-0.39, 0.29) is 11.8 Å². The van der Waals surface area contributed by atoms with Gasteiger partial charge in [0.25, 0.3) is 0 Å².